The van der Waals surface area contributed by atoms with Crippen LogP contribution in [-0.2, 0) is 4.79 Å². The Hall–Kier alpha value is -1.98. The van der Waals surface area contributed by atoms with Crippen LogP contribution in [0.4, 0.5) is 0 Å². The molecule has 23 heavy (non-hydrogen) atoms. The van der Waals surface area contributed by atoms with Gasteiger partial charge in [0.2, 0.25) is 5.91 Å². The van der Waals surface area contributed by atoms with Crippen LogP contribution in [0.25, 0.3) is 0 Å². The second kappa shape index (κ2) is 10.7. The van der Waals surface area contributed by atoms with Gasteiger partial charge in [-0.2, -0.15) is 0 Å². The number of rotatable bonds is 10. The number of nitrogens with zero attached hydrogens (tertiary/aromatic N) is 3. The van der Waals surface area contributed by atoms with Crippen molar-refractivity contribution >= 4 is 11.8 Å². The van der Waals surface area contributed by atoms with E-state index in [1.807, 2.05) is 6.92 Å². The number of amides is 2. The van der Waals surface area contributed by atoms with Gasteiger partial charge in [0.15, 0.2) is 0 Å². The normalized spacial score (nSPS) is 10.4. The van der Waals surface area contributed by atoms with Crippen molar-refractivity contribution in [3.63, 3.8) is 0 Å². The fraction of sp³-hybridized carbons (Fsp3) is 0.647. The van der Waals surface area contributed by atoms with Crippen molar-refractivity contribution < 1.29 is 9.59 Å². The molecule has 6 nitrogen and oxygen atoms in total. The van der Waals surface area contributed by atoms with Gasteiger partial charge in [-0.15, -0.1) is 0 Å². The molecule has 0 aliphatic heterocycles. The van der Waals surface area contributed by atoms with Crippen LogP contribution in [0, 0.1) is 6.92 Å². The lowest BCUT2D eigenvalue weighted by Crippen LogP contribution is -2.36. The highest BCUT2D eigenvalue weighted by molar-refractivity contribution is 5.92. The molecule has 1 N–H and O–H groups in total. The predicted octanol–water partition coefficient (Wildman–Crippen LogP) is 2.33. The monoisotopic (exact) mass is 320 g/mol. The topological polar surface area (TPSA) is 75.2 Å². The number of aromatic nitrogens is 2. The van der Waals surface area contributed by atoms with E-state index in [-0.39, 0.29) is 11.8 Å². The van der Waals surface area contributed by atoms with Crippen LogP contribution in [-0.4, -0.2) is 46.3 Å². The molecule has 1 aromatic heterocycles. The Kier molecular flexibility index (Phi) is 8.87. The first-order chi connectivity index (χ1) is 11.1. The number of hydrogen-bond donors (Lipinski definition) is 1. The van der Waals surface area contributed by atoms with Crippen LogP contribution in [0.3, 0.4) is 0 Å². The molecule has 0 aromatic carbocycles. The van der Waals surface area contributed by atoms with Gasteiger partial charge in [-0.25, -0.2) is 4.98 Å². The Morgan fingerprint density at radius 2 is 1.83 bits per heavy atom. The highest BCUT2D eigenvalue weighted by atomic mass is 16.2. The fourth-order valence-electron chi connectivity index (χ4n) is 2.06. The lowest BCUT2D eigenvalue weighted by molar-refractivity contribution is -0.121. The number of unbranched alkanes of at least 4 members (excludes halogenated alkanes) is 2. The first-order valence-electron chi connectivity index (χ1n) is 8.43. The van der Waals surface area contributed by atoms with Gasteiger partial charge in [-0.05, 0) is 19.8 Å². The van der Waals surface area contributed by atoms with E-state index in [9.17, 15) is 9.59 Å². The molecular weight excluding hydrogens is 292 g/mol. The molecule has 0 aliphatic carbocycles. The third-order valence-corrected chi connectivity index (χ3v) is 3.53. The summed E-state index contributed by atoms with van der Waals surface area (Å²) < 4.78 is 0. The Bertz CT molecular complexity index is 488. The molecule has 0 fully saturated rings. The van der Waals surface area contributed by atoms with Gasteiger partial charge in [0.25, 0.3) is 5.91 Å². The molecule has 0 saturated carbocycles. The van der Waals surface area contributed by atoms with E-state index in [4.69, 9.17) is 0 Å². The van der Waals surface area contributed by atoms with Crippen LogP contribution in [0.5, 0.6) is 0 Å². The van der Waals surface area contributed by atoms with E-state index in [0.717, 1.165) is 31.4 Å². The number of hydrogen-bond acceptors (Lipinski definition) is 4. The van der Waals surface area contributed by atoms with Crippen molar-refractivity contribution in [1.82, 2.24) is 20.2 Å². The zero-order chi connectivity index (χ0) is 17.1. The molecule has 6 heteroatoms. The van der Waals surface area contributed by atoms with Crippen LogP contribution < -0.4 is 5.32 Å². The quantitative estimate of drug-likeness (QED) is 0.671. The summed E-state index contributed by atoms with van der Waals surface area (Å²) in [6.45, 7) is 7.73. The van der Waals surface area contributed by atoms with Crippen molar-refractivity contribution in [2.45, 2.75) is 52.9 Å². The molecule has 0 spiro atoms. The molecule has 1 aromatic rings. The van der Waals surface area contributed by atoms with Crippen molar-refractivity contribution in [3.8, 4) is 0 Å². The van der Waals surface area contributed by atoms with Crippen LogP contribution in [0.1, 0.15) is 62.1 Å². The van der Waals surface area contributed by atoms with Gasteiger partial charge in [0.1, 0.15) is 5.69 Å². The lowest BCUT2D eigenvalue weighted by atomic mass is 10.2. The zero-order valence-electron chi connectivity index (χ0n) is 14.5. The average molecular weight is 320 g/mol. The predicted molar refractivity (Wildman–Crippen MR) is 90.1 cm³/mol. The van der Waals surface area contributed by atoms with Crippen LogP contribution in [0.2, 0.25) is 0 Å². The second-order valence-corrected chi connectivity index (χ2v) is 5.64. The third kappa shape index (κ3) is 7.21. The van der Waals surface area contributed by atoms with Gasteiger partial charge in [0.05, 0.1) is 11.9 Å². The van der Waals surface area contributed by atoms with E-state index < -0.39 is 0 Å². The summed E-state index contributed by atoms with van der Waals surface area (Å²) in [6.07, 6.45) is 7.32. The van der Waals surface area contributed by atoms with Gasteiger partial charge in [0, 0.05) is 32.3 Å². The lowest BCUT2D eigenvalue weighted by Gasteiger charge is -2.22. The highest BCUT2D eigenvalue weighted by Crippen LogP contribution is 2.05. The summed E-state index contributed by atoms with van der Waals surface area (Å²) in [7, 11) is 0. The van der Waals surface area contributed by atoms with Gasteiger partial charge in [-0.3, -0.25) is 14.6 Å². The maximum absolute atomic E-state index is 12.5. The van der Waals surface area contributed by atoms with E-state index in [1.54, 1.807) is 11.1 Å². The zero-order valence-corrected chi connectivity index (χ0v) is 14.5. The first-order valence-corrected chi connectivity index (χ1v) is 8.43. The van der Waals surface area contributed by atoms with Crippen molar-refractivity contribution in [2.24, 2.45) is 0 Å². The molecule has 1 heterocycles. The van der Waals surface area contributed by atoms with Crippen molar-refractivity contribution in [3.05, 3.63) is 23.8 Å². The minimum Gasteiger partial charge on any atom is -0.356 e. The maximum atomic E-state index is 12.5. The molecule has 0 saturated heterocycles. The van der Waals surface area contributed by atoms with E-state index in [1.165, 1.54) is 6.20 Å². The summed E-state index contributed by atoms with van der Waals surface area (Å²) in [5.41, 5.74) is 1.11. The Morgan fingerprint density at radius 1 is 1.09 bits per heavy atom. The summed E-state index contributed by atoms with van der Waals surface area (Å²) in [5, 5.41) is 2.88. The van der Waals surface area contributed by atoms with Crippen molar-refractivity contribution in [2.75, 3.05) is 19.6 Å². The molecule has 0 unspecified atom stereocenters. The molecule has 0 aliphatic rings. The first kappa shape index (κ1) is 19.1. The Morgan fingerprint density at radius 3 is 2.43 bits per heavy atom. The summed E-state index contributed by atoms with van der Waals surface area (Å²) in [5.74, 6) is -0.171. The molecular formula is C17H28N4O2. The number of carbonyl (C=O) groups excluding carboxylic acids is 2. The second-order valence-electron chi connectivity index (χ2n) is 5.64. The van der Waals surface area contributed by atoms with Crippen LogP contribution in [0.15, 0.2) is 12.4 Å². The summed E-state index contributed by atoms with van der Waals surface area (Å²) >= 11 is 0. The largest absolute Gasteiger partial charge is 0.356 e. The molecule has 128 valence electrons. The minimum absolute atomic E-state index is 0.0114. The Balaban J connectivity index is 2.59. The van der Waals surface area contributed by atoms with Crippen LogP contribution >= 0.6 is 0 Å². The molecule has 0 atom stereocenters. The summed E-state index contributed by atoms with van der Waals surface area (Å²) in [4.78, 5) is 34.3. The standard InChI is InChI=1S/C17H28N4O2/c1-4-6-9-18-16(22)8-11-21(10-7-5-2)17(23)15-13-19-14(3)12-20-15/h12-13H,4-11H2,1-3H3,(H,18,22). The molecule has 2 amide bonds. The van der Waals surface area contributed by atoms with Gasteiger partial charge in [-0.1, -0.05) is 26.7 Å². The average Bonchev–Trinajstić information content (AvgIpc) is 2.55. The van der Waals surface area contributed by atoms with Crippen molar-refractivity contribution in [1.29, 1.82) is 0 Å². The molecule has 1 rings (SSSR count). The number of carbonyl (C=O) groups is 2. The SMILES string of the molecule is CCCCNC(=O)CCN(CCCC)C(=O)c1cnc(C)cn1. The number of nitrogens with one attached hydrogen (secondary N) is 1. The Labute approximate surface area is 138 Å². The van der Waals surface area contributed by atoms with E-state index >= 15 is 0 Å². The third-order valence-electron chi connectivity index (χ3n) is 3.53. The smallest absolute Gasteiger partial charge is 0.274 e. The minimum atomic E-state index is -0.160. The number of aryl methyl sites for hydroxylation is 1. The van der Waals surface area contributed by atoms with Gasteiger partial charge >= 0.3 is 0 Å². The highest BCUT2D eigenvalue weighted by Gasteiger charge is 2.18. The molecule has 0 bridgehead atoms. The van der Waals surface area contributed by atoms with E-state index in [2.05, 4.69) is 29.1 Å². The summed E-state index contributed by atoms with van der Waals surface area (Å²) in [6, 6.07) is 0. The maximum Gasteiger partial charge on any atom is 0.274 e. The molecule has 0 radical (unpaired) electrons. The van der Waals surface area contributed by atoms with Gasteiger partial charge < -0.3 is 10.2 Å². The van der Waals surface area contributed by atoms with E-state index in [0.29, 0.717) is 31.7 Å². The fourth-order valence-corrected chi connectivity index (χ4v) is 2.06.